The summed E-state index contributed by atoms with van der Waals surface area (Å²) in [5.74, 6) is 0.0660. The van der Waals surface area contributed by atoms with Crippen molar-refractivity contribution in [1.29, 1.82) is 0 Å². The van der Waals surface area contributed by atoms with Gasteiger partial charge in [0.2, 0.25) is 0 Å². The van der Waals surface area contributed by atoms with E-state index >= 15 is 0 Å². The summed E-state index contributed by atoms with van der Waals surface area (Å²) in [6.45, 7) is 1.55. The van der Waals surface area contributed by atoms with Crippen molar-refractivity contribution in [2.45, 2.75) is 5.66 Å². The van der Waals surface area contributed by atoms with Crippen molar-refractivity contribution in [2.75, 3.05) is 32.5 Å². The Morgan fingerprint density at radius 3 is 2.14 bits per heavy atom. The number of nitrogens with one attached hydrogen (secondary N) is 1. The van der Waals surface area contributed by atoms with E-state index in [0.29, 0.717) is 0 Å². The van der Waals surface area contributed by atoms with Gasteiger partial charge in [-0.25, -0.2) is 0 Å². The molecule has 0 aliphatic carbocycles. The van der Waals surface area contributed by atoms with Crippen LogP contribution in [0.1, 0.15) is 5.56 Å². The maximum absolute atomic E-state index is 13.1. The van der Waals surface area contributed by atoms with Crippen molar-refractivity contribution in [1.82, 2.24) is 9.80 Å². The normalized spacial score (nSPS) is 22.6. The van der Waals surface area contributed by atoms with E-state index in [2.05, 4.69) is 10.2 Å². The molecule has 0 aromatic heterocycles. The maximum atomic E-state index is 13.1. The predicted molar refractivity (Wildman–Crippen MR) is 88.5 cm³/mol. The van der Waals surface area contributed by atoms with Crippen LogP contribution in [0.15, 0.2) is 60.7 Å². The number of hydrogen-bond donors (Lipinski definition) is 1. The van der Waals surface area contributed by atoms with Crippen LogP contribution in [0.5, 0.6) is 0 Å². The number of carbonyl (C=O) groups is 1. The Morgan fingerprint density at radius 2 is 1.50 bits per heavy atom. The smallest absolute Gasteiger partial charge is 0.268 e. The zero-order valence-corrected chi connectivity index (χ0v) is 13.0. The molecule has 1 fully saturated rings. The highest BCUT2D eigenvalue weighted by Crippen LogP contribution is 2.33. The van der Waals surface area contributed by atoms with Crippen molar-refractivity contribution in [3.8, 4) is 0 Å². The minimum atomic E-state index is -0.865. The molecule has 1 aliphatic heterocycles. The lowest BCUT2D eigenvalue weighted by molar-refractivity contribution is -0.146. The minimum absolute atomic E-state index is 0.0660. The maximum Gasteiger partial charge on any atom is 0.268 e. The lowest BCUT2D eigenvalue weighted by atomic mass is 9.93. The number of likely N-dealkylation sites (N-methyl/N-ethyl adjacent to an activating group) is 2. The Balaban J connectivity index is 2.11. The first-order chi connectivity index (χ1) is 10.6. The molecule has 1 aliphatic rings. The van der Waals surface area contributed by atoms with Gasteiger partial charge in [-0.15, -0.1) is 0 Å². The molecule has 0 radical (unpaired) electrons. The van der Waals surface area contributed by atoms with Crippen LogP contribution in [0.25, 0.3) is 0 Å². The fourth-order valence-electron chi connectivity index (χ4n) is 2.98. The topological polar surface area (TPSA) is 35.6 Å². The van der Waals surface area contributed by atoms with Gasteiger partial charge in [-0.05, 0) is 19.2 Å². The molecule has 3 rings (SSSR count). The fraction of sp³-hybridized carbons (Fsp3) is 0.278. The highest BCUT2D eigenvalue weighted by atomic mass is 16.2. The summed E-state index contributed by atoms with van der Waals surface area (Å²) in [5.41, 5.74) is 1.02. The molecular formula is C18H21N3O. The van der Waals surface area contributed by atoms with E-state index in [1.165, 1.54) is 0 Å². The van der Waals surface area contributed by atoms with Gasteiger partial charge in [0.1, 0.15) is 0 Å². The lowest BCUT2D eigenvalue weighted by Gasteiger charge is -2.48. The molecule has 1 saturated heterocycles. The van der Waals surface area contributed by atoms with Gasteiger partial charge in [0.05, 0.1) is 0 Å². The molecule has 1 N–H and O–H groups in total. The van der Waals surface area contributed by atoms with Gasteiger partial charge in [0.15, 0.2) is 5.66 Å². The van der Waals surface area contributed by atoms with Crippen LogP contribution in [0.2, 0.25) is 0 Å². The molecule has 1 atom stereocenters. The van der Waals surface area contributed by atoms with Crippen molar-refractivity contribution < 1.29 is 4.79 Å². The van der Waals surface area contributed by atoms with Crippen LogP contribution >= 0.6 is 0 Å². The SMILES string of the molecule is CN1CCN(C)C(Nc2ccccc2)(c2ccccc2)C1=O. The third-order valence-corrected chi connectivity index (χ3v) is 4.29. The molecule has 0 saturated carbocycles. The second-order valence-electron chi connectivity index (χ2n) is 5.72. The Morgan fingerprint density at radius 1 is 0.909 bits per heavy atom. The first-order valence-corrected chi connectivity index (χ1v) is 7.50. The van der Waals surface area contributed by atoms with Gasteiger partial charge < -0.3 is 10.2 Å². The number of amides is 1. The summed E-state index contributed by atoms with van der Waals surface area (Å²) in [6.07, 6.45) is 0. The average molecular weight is 295 g/mol. The number of para-hydroxylation sites is 1. The standard InChI is InChI=1S/C18H21N3O/c1-20-13-14-21(2)18(17(20)22,15-9-5-3-6-10-15)19-16-11-7-4-8-12-16/h3-12,19H,13-14H2,1-2H3. The first-order valence-electron chi connectivity index (χ1n) is 7.50. The average Bonchev–Trinajstić information content (AvgIpc) is 2.57. The zero-order chi connectivity index (χ0) is 15.6. The second kappa shape index (κ2) is 5.81. The number of piperazine rings is 1. The van der Waals surface area contributed by atoms with Crippen molar-refractivity contribution >= 4 is 11.6 Å². The number of anilines is 1. The molecule has 0 spiro atoms. The summed E-state index contributed by atoms with van der Waals surface area (Å²) in [5, 5.41) is 3.48. The van der Waals surface area contributed by atoms with Gasteiger partial charge in [-0.1, -0.05) is 48.5 Å². The van der Waals surface area contributed by atoms with Crippen molar-refractivity contribution in [3.05, 3.63) is 66.2 Å². The van der Waals surface area contributed by atoms with Gasteiger partial charge in [-0.2, -0.15) is 0 Å². The largest absolute Gasteiger partial charge is 0.356 e. The molecule has 1 unspecified atom stereocenters. The Kier molecular flexibility index (Phi) is 3.86. The van der Waals surface area contributed by atoms with E-state index in [0.717, 1.165) is 24.3 Å². The molecule has 2 aromatic carbocycles. The number of rotatable bonds is 3. The van der Waals surface area contributed by atoms with Crippen molar-refractivity contribution in [2.24, 2.45) is 0 Å². The third-order valence-electron chi connectivity index (χ3n) is 4.29. The summed E-state index contributed by atoms with van der Waals surface area (Å²) in [4.78, 5) is 17.0. The van der Waals surface area contributed by atoms with Crippen LogP contribution in [0.4, 0.5) is 5.69 Å². The van der Waals surface area contributed by atoms with E-state index in [1.54, 1.807) is 4.90 Å². The number of hydrogen-bond acceptors (Lipinski definition) is 3. The third kappa shape index (κ3) is 2.35. The molecule has 114 valence electrons. The highest BCUT2D eigenvalue weighted by Gasteiger charge is 2.48. The Hall–Kier alpha value is -2.33. The van der Waals surface area contributed by atoms with E-state index in [-0.39, 0.29) is 5.91 Å². The summed E-state index contributed by atoms with van der Waals surface area (Å²) >= 11 is 0. The van der Waals surface area contributed by atoms with Crippen LogP contribution in [-0.4, -0.2) is 42.9 Å². The van der Waals surface area contributed by atoms with Gasteiger partial charge in [-0.3, -0.25) is 9.69 Å². The summed E-state index contributed by atoms with van der Waals surface area (Å²) in [6, 6.07) is 19.8. The Bertz CT molecular complexity index is 644. The van der Waals surface area contributed by atoms with Crippen molar-refractivity contribution in [3.63, 3.8) is 0 Å². The van der Waals surface area contributed by atoms with Crippen LogP contribution in [0, 0.1) is 0 Å². The number of carbonyl (C=O) groups excluding carboxylic acids is 1. The van der Waals surface area contributed by atoms with E-state index in [4.69, 9.17) is 0 Å². The molecule has 22 heavy (non-hydrogen) atoms. The van der Waals surface area contributed by atoms with E-state index in [1.807, 2.05) is 74.8 Å². The summed E-state index contributed by atoms with van der Waals surface area (Å²) < 4.78 is 0. The van der Waals surface area contributed by atoms with Gasteiger partial charge >= 0.3 is 0 Å². The molecule has 0 bridgehead atoms. The Labute approximate surface area is 131 Å². The molecule has 4 nitrogen and oxygen atoms in total. The van der Waals surface area contributed by atoms with E-state index in [9.17, 15) is 4.79 Å². The van der Waals surface area contributed by atoms with E-state index < -0.39 is 5.66 Å². The van der Waals surface area contributed by atoms with Crippen LogP contribution < -0.4 is 5.32 Å². The molecular weight excluding hydrogens is 274 g/mol. The molecule has 1 amide bonds. The molecule has 1 heterocycles. The van der Waals surface area contributed by atoms with Gasteiger partial charge in [0, 0.05) is 31.4 Å². The first kappa shape index (κ1) is 14.6. The van der Waals surface area contributed by atoms with Crippen LogP contribution in [0.3, 0.4) is 0 Å². The van der Waals surface area contributed by atoms with Crippen LogP contribution in [-0.2, 0) is 10.5 Å². The fourth-order valence-corrected chi connectivity index (χ4v) is 2.98. The number of benzene rings is 2. The molecule has 2 aromatic rings. The predicted octanol–water partition coefficient (Wildman–Crippen LogP) is 2.36. The quantitative estimate of drug-likeness (QED) is 0.944. The number of nitrogens with zero attached hydrogens (tertiary/aromatic N) is 2. The zero-order valence-electron chi connectivity index (χ0n) is 13.0. The second-order valence-corrected chi connectivity index (χ2v) is 5.72. The monoisotopic (exact) mass is 295 g/mol. The highest BCUT2D eigenvalue weighted by molar-refractivity contribution is 5.91. The lowest BCUT2D eigenvalue weighted by Crippen LogP contribution is -2.65. The van der Waals surface area contributed by atoms with Gasteiger partial charge in [0.25, 0.3) is 5.91 Å². The molecule has 4 heteroatoms. The summed E-state index contributed by atoms with van der Waals surface area (Å²) in [7, 11) is 3.85. The minimum Gasteiger partial charge on any atom is -0.356 e.